The molecule has 0 unspecified atom stereocenters. The van der Waals surface area contributed by atoms with Gasteiger partial charge in [-0.3, -0.25) is 28.9 Å². The van der Waals surface area contributed by atoms with E-state index in [0.29, 0.717) is 23.4 Å². The molecule has 1 saturated carbocycles. The van der Waals surface area contributed by atoms with Crippen LogP contribution in [0.4, 0.5) is 13.2 Å². The highest BCUT2D eigenvalue weighted by molar-refractivity contribution is 7.09. The molecule has 4 rings (SSSR count). The van der Waals surface area contributed by atoms with Crippen LogP contribution in [0.2, 0.25) is 0 Å². The summed E-state index contributed by atoms with van der Waals surface area (Å²) in [7, 11) is 4.85. The summed E-state index contributed by atoms with van der Waals surface area (Å²) < 4.78 is 50.0. The van der Waals surface area contributed by atoms with E-state index in [2.05, 4.69) is 15.6 Å². The number of methoxy groups -OCH3 is 1. The molecule has 12 nitrogen and oxygen atoms in total. The number of hydrogen-bond acceptors (Lipinski definition) is 10. The Kier molecular flexibility index (Phi) is 14.3. The van der Waals surface area contributed by atoms with Gasteiger partial charge >= 0.3 is 18.1 Å². The SMILES string of the molecule is COC(=O)[C@@H](C)C[C@H](Cc1ccc(C(F)(F)F)cc1)NC(=O)c1csc([C@@H](C[C@H](C(C)C)N(C)C(=O)C2(NC(=O)[C@H]3CCCCN3C)CC2)OC(C)=O)n1. The number of halogens is 3. The van der Waals surface area contributed by atoms with Gasteiger partial charge in [0.05, 0.1) is 24.6 Å². The maximum atomic E-state index is 14.0. The molecule has 1 aromatic heterocycles. The highest BCUT2D eigenvalue weighted by Crippen LogP contribution is 2.40. The van der Waals surface area contributed by atoms with E-state index in [1.807, 2.05) is 25.8 Å². The fraction of sp³-hybridized carbons (Fsp3) is 0.632. The van der Waals surface area contributed by atoms with E-state index in [0.717, 1.165) is 49.3 Å². The zero-order valence-electron chi connectivity index (χ0n) is 32.0. The van der Waals surface area contributed by atoms with E-state index < -0.39 is 59.2 Å². The summed E-state index contributed by atoms with van der Waals surface area (Å²) in [6.45, 7) is 7.61. The number of likely N-dealkylation sites (tertiary alicyclic amines) is 1. The number of esters is 2. The van der Waals surface area contributed by atoms with Gasteiger partial charge in [0, 0.05) is 37.9 Å². The first-order valence-electron chi connectivity index (χ1n) is 18.3. The fourth-order valence-corrected chi connectivity index (χ4v) is 7.90. The molecule has 0 radical (unpaired) electrons. The number of amides is 3. The summed E-state index contributed by atoms with van der Waals surface area (Å²) in [6.07, 6.45) is -1.18. The van der Waals surface area contributed by atoms with E-state index in [1.165, 1.54) is 31.5 Å². The van der Waals surface area contributed by atoms with Crippen LogP contribution in [0.15, 0.2) is 29.6 Å². The molecule has 2 heterocycles. The lowest BCUT2D eigenvalue weighted by molar-refractivity contribution is -0.149. The van der Waals surface area contributed by atoms with Crippen LogP contribution in [0.3, 0.4) is 0 Å². The molecule has 298 valence electrons. The predicted molar refractivity (Wildman–Crippen MR) is 195 cm³/mol. The summed E-state index contributed by atoms with van der Waals surface area (Å²) in [5, 5.41) is 7.76. The average molecular weight is 780 g/mol. The van der Waals surface area contributed by atoms with Gasteiger partial charge in [-0.15, -0.1) is 11.3 Å². The molecule has 3 amide bonds. The maximum absolute atomic E-state index is 14.0. The molecule has 5 atom stereocenters. The second-order valence-electron chi connectivity index (χ2n) is 14.9. The Bertz CT molecular complexity index is 1650. The minimum atomic E-state index is -4.50. The molecule has 1 aromatic carbocycles. The third kappa shape index (κ3) is 11.0. The van der Waals surface area contributed by atoms with Crippen molar-refractivity contribution < 1.29 is 46.6 Å². The van der Waals surface area contributed by atoms with Crippen LogP contribution < -0.4 is 10.6 Å². The quantitative estimate of drug-likeness (QED) is 0.217. The van der Waals surface area contributed by atoms with Crippen LogP contribution in [0.25, 0.3) is 0 Å². The molecule has 54 heavy (non-hydrogen) atoms. The zero-order valence-corrected chi connectivity index (χ0v) is 32.8. The van der Waals surface area contributed by atoms with Crippen molar-refractivity contribution in [2.24, 2.45) is 11.8 Å². The molecule has 2 aliphatic rings. The summed E-state index contributed by atoms with van der Waals surface area (Å²) in [5.41, 5.74) is -1.24. The van der Waals surface area contributed by atoms with Crippen molar-refractivity contribution in [3.05, 3.63) is 51.5 Å². The summed E-state index contributed by atoms with van der Waals surface area (Å²) in [6, 6.07) is 3.21. The Balaban J connectivity index is 1.49. The molecular weight excluding hydrogens is 728 g/mol. The summed E-state index contributed by atoms with van der Waals surface area (Å²) in [4.78, 5) is 73.5. The van der Waals surface area contributed by atoms with Crippen LogP contribution in [0.1, 0.15) is 105 Å². The third-order valence-corrected chi connectivity index (χ3v) is 11.3. The van der Waals surface area contributed by atoms with Gasteiger partial charge in [-0.1, -0.05) is 39.3 Å². The third-order valence-electron chi connectivity index (χ3n) is 10.3. The number of thiazole rings is 1. The molecule has 0 bridgehead atoms. The molecule has 0 spiro atoms. The molecule has 2 aromatic rings. The van der Waals surface area contributed by atoms with Crippen molar-refractivity contribution in [3.63, 3.8) is 0 Å². The Morgan fingerprint density at radius 3 is 2.30 bits per heavy atom. The van der Waals surface area contributed by atoms with E-state index >= 15 is 0 Å². The minimum absolute atomic E-state index is 0.0214. The standard InChI is InChI=1S/C38H52F3N5O7S/c1-22(2)30(46(6)36(51)37(15-16-37)44-33(49)29-10-8-9-17-45(29)5)20-31(53-24(4)47)34-43-28(21-54-34)32(48)42-27(18-23(3)35(50)52-7)19-25-11-13-26(14-12-25)38(39,40)41/h11-14,21-23,27,29-31H,8-10,15-20H2,1-7H3,(H,42,48)(H,44,49)/t23-,27+,29+,30+,31+/m0/s1. The number of rotatable bonds is 16. The van der Waals surface area contributed by atoms with Gasteiger partial charge in [0.2, 0.25) is 11.8 Å². The molecule has 1 aliphatic carbocycles. The normalized spacial score (nSPS) is 19.2. The molecular formula is C38H52F3N5O7S. The smallest absolute Gasteiger partial charge is 0.416 e. The molecule has 1 aliphatic heterocycles. The highest BCUT2D eigenvalue weighted by Gasteiger charge is 2.54. The van der Waals surface area contributed by atoms with Gasteiger partial charge in [-0.25, -0.2) is 4.98 Å². The molecule has 1 saturated heterocycles. The summed E-state index contributed by atoms with van der Waals surface area (Å²) >= 11 is 1.11. The number of likely N-dealkylation sites (N-methyl/N-ethyl adjacent to an activating group) is 2. The maximum Gasteiger partial charge on any atom is 0.416 e. The Hall–Kier alpha value is -4.05. The van der Waals surface area contributed by atoms with E-state index in [4.69, 9.17) is 9.47 Å². The number of nitrogens with one attached hydrogen (secondary N) is 2. The number of carbonyl (C=O) groups excluding carboxylic acids is 5. The molecule has 2 N–H and O–H groups in total. The van der Waals surface area contributed by atoms with Crippen molar-refractivity contribution in [2.45, 2.75) is 115 Å². The van der Waals surface area contributed by atoms with Gasteiger partial charge in [0.25, 0.3) is 5.91 Å². The number of carbonyl (C=O) groups is 5. The Morgan fingerprint density at radius 1 is 1.07 bits per heavy atom. The van der Waals surface area contributed by atoms with E-state index in [9.17, 15) is 37.1 Å². The molecule has 16 heteroatoms. The second-order valence-corrected chi connectivity index (χ2v) is 15.8. The Morgan fingerprint density at radius 2 is 1.74 bits per heavy atom. The number of ether oxygens (including phenoxy) is 2. The second kappa shape index (κ2) is 18.1. The number of benzene rings is 1. The number of piperidine rings is 1. The summed E-state index contributed by atoms with van der Waals surface area (Å²) in [5.74, 6) is -2.74. The van der Waals surface area contributed by atoms with Gasteiger partial charge in [0.15, 0.2) is 6.10 Å². The number of aromatic nitrogens is 1. The van der Waals surface area contributed by atoms with Gasteiger partial charge in [-0.05, 0) is 75.7 Å². The van der Waals surface area contributed by atoms with E-state index in [1.54, 1.807) is 18.9 Å². The van der Waals surface area contributed by atoms with Crippen molar-refractivity contribution >= 4 is 41.0 Å². The van der Waals surface area contributed by atoms with Gasteiger partial charge in [-0.2, -0.15) is 13.2 Å². The van der Waals surface area contributed by atoms with E-state index in [-0.39, 0.29) is 48.7 Å². The average Bonchev–Trinajstić information content (AvgIpc) is 3.71. The zero-order chi connectivity index (χ0) is 40.0. The first-order valence-corrected chi connectivity index (χ1v) is 19.2. The van der Waals surface area contributed by atoms with Crippen molar-refractivity contribution in [3.8, 4) is 0 Å². The molecule has 2 fully saturated rings. The first-order chi connectivity index (χ1) is 25.3. The van der Waals surface area contributed by atoms with Gasteiger partial charge in [0.1, 0.15) is 16.2 Å². The topological polar surface area (TPSA) is 147 Å². The lowest BCUT2D eigenvalue weighted by Crippen LogP contribution is -2.57. The number of alkyl halides is 3. The van der Waals surface area contributed by atoms with Gasteiger partial charge < -0.3 is 25.0 Å². The van der Waals surface area contributed by atoms with Crippen LogP contribution >= 0.6 is 11.3 Å². The van der Waals surface area contributed by atoms with Crippen LogP contribution in [-0.2, 0) is 41.2 Å². The van der Waals surface area contributed by atoms with Crippen LogP contribution in [0, 0.1) is 11.8 Å². The number of hydrogen-bond donors (Lipinski definition) is 2. The van der Waals surface area contributed by atoms with Crippen LogP contribution in [0.5, 0.6) is 0 Å². The van der Waals surface area contributed by atoms with Crippen molar-refractivity contribution in [1.29, 1.82) is 0 Å². The minimum Gasteiger partial charge on any atom is -0.469 e. The number of nitrogens with zero attached hydrogens (tertiary/aromatic N) is 3. The largest absolute Gasteiger partial charge is 0.469 e. The van der Waals surface area contributed by atoms with Crippen molar-refractivity contribution in [1.82, 2.24) is 25.4 Å². The monoisotopic (exact) mass is 779 g/mol. The fourth-order valence-electron chi connectivity index (χ4n) is 7.06. The lowest BCUT2D eigenvalue weighted by atomic mass is 9.95. The first kappa shape index (κ1) is 42.7. The van der Waals surface area contributed by atoms with Crippen molar-refractivity contribution in [2.75, 3.05) is 27.7 Å². The lowest BCUT2D eigenvalue weighted by Gasteiger charge is -2.37. The highest BCUT2D eigenvalue weighted by atomic mass is 32.1. The van der Waals surface area contributed by atoms with Crippen LogP contribution in [-0.4, -0.2) is 95.9 Å². The predicted octanol–water partition coefficient (Wildman–Crippen LogP) is 5.31. The Labute approximate surface area is 318 Å².